The Morgan fingerprint density at radius 2 is 1.81 bits per heavy atom. The summed E-state index contributed by atoms with van der Waals surface area (Å²) in [6, 6.07) is 20.9. The molecule has 1 fully saturated rings. The minimum absolute atomic E-state index is 0.0753. The first-order valence-corrected chi connectivity index (χ1v) is 9.21. The number of likely N-dealkylation sites (N-methyl/N-ethyl adjacent to an activating group) is 1. The Balaban J connectivity index is 1.57. The lowest BCUT2D eigenvalue weighted by molar-refractivity contribution is -0.124. The molecule has 1 aliphatic rings. The molecule has 0 saturated carbocycles. The molecule has 4 heteroatoms. The van der Waals surface area contributed by atoms with Crippen LogP contribution >= 0.6 is 0 Å². The van der Waals surface area contributed by atoms with E-state index in [1.807, 2.05) is 24.3 Å². The first-order chi connectivity index (χ1) is 12.8. The van der Waals surface area contributed by atoms with E-state index in [1.54, 1.807) is 7.05 Å². The fourth-order valence-electron chi connectivity index (χ4n) is 3.44. The minimum atomic E-state index is -0.0753. The highest BCUT2D eigenvalue weighted by Crippen LogP contribution is 2.19. The van der Waals surface area contributed by atoms with E-state index < -0.39 is 0 Å². The summed E-state index contributed by atoms with van der Waals surface area (Å²) < 4.78 is 0. The van der Waals surface area contributed by atoms with E-state index >= 15 is 0 Å². The molecule has 0 bridgehead atoms. The van der Waals surface area contributed by atoms with Crippen molar-refractivity contribution in [2.24, 2.45) is 0 Å². The number of hydrogen-bond acceptors (Lipinski definition) is 3. The minimum Gasteiger partial charge on any atom is -0.358 e. The Bertz CT molecular complexity index is 715. The molecule has 1 aliphatic heterocycles. The summed E-state index contributed by atoms with van der Waals surface area (Å²) in [6.45, 7) is 2.49. The molecule has 1 heterocycles. The van der Waals surface area contributed by atoms with Crippen molar-refractivity contribution in [3.8, 4) is 0 Å². The summed E-state index contributed by atoms with van der Waals surface area (Å²) in [5.74, 6) is 0.0992. The summed E-state index contributed by atoms with van der Waals surface area (Å²) in [7, 11) is 1.71. The average molecular weight is 349 g/mol. The number of carbonyl (C=O) groups excluding carboxylic acids is 1. The van der Waals surface area contributed by atoms with Crippen molar-refractivity contribution in [1.82, 2.24) is 15.5 Å². The third kappa shape index (κ3) is 5.04. The molecule has 136 valence electrons. The highest BCUT2D eigenvalue weighted by Gasteiger charge is 2.35. The van der Waals surface area contributed by atoms with E-state index in [4.69, 9.17) is 0 Å². The zero-order chi connectivity index (χ0) is 18.2. The monoisotopic (exact) mass is 349 g/mol. The van der Waals surface area contributed by atoms with Gasteiger partial charge in [0.1, 0.15) is 0 Å². The zero-order valence-electron chi connectivity index (χ0n) is 15.3. The predicted octanol–water partition coefficient (Wildman–Crippen LogP) is 2.68. The summed E-state index contributed by atoms with van der Waals surface area (Å²) in [5.41, 5.74) is 2.45. The highest BCUT2D eigenvalue weighted by atomic mass is 16.2. The molecule has 0 aliphatic carbocycles. The Hall–Kier alpha value is -2.43. The Labute approximate surface area is 155 Å². The molecule has 3 rings (SSSR count). The fourth-order valence-corrected chi connectivity index (χ4v) is 3.44. The lowest BCUT2D eigenvalue weighted by atomic mass is 10.1. The largest absolute Gasteiger partial charge is 0.358 e. The van der Waals surface area contributed by atoms with Crippen LogP contribution in [0.15, 0.2) is 66.7 Å². The van der Waals surface area contributed by atoms with Gasteiger partial charge in [-0.3, -0.25) is 9.69 Å². The summed E-state index contributed by atoms with van der Waals surface area (Å²) in [5, 5.41) is 6.41. The van der Waals surface area contributed by atoms with Gasteiger partial charge in [0.05, 0.1) is 6.04 Å². The maximum Gasteiger partial charge on any atom is 0.237 e. The topological polar surface area (TPSA) is 44.4 Å². The van der Waals surface area contributed by atoms with E-state index in [0.29, 0.717) is 6.04 Å². The van der Waals surface area contributed by atoms with Gasteiger partial charge in [-0.25, -0.2) is 0 Å². The third-order valence-corrected chi connectivity index (χ3v) is 4.84. The molecular weight excluding hydrogens is 322 g/mol. The van der Waals surface area contributed by atoms with Crippen molar-refractivity contribution in [1.29, 1.82) is 0 Å². The van der Waals surface area contributed by atoms with Crippen LogP contribution in [0.3, 0.4) is 0 Å². The highest BCUT2D eigenvalue weighted by molar-refractivity contribution is 5.82. The summed E-state index contributed by atoms with van der Waals surface area (Å²) in [4.78, 5) is 14.5. The van der Waals surface area contributed by atoms with E-state index in [9.17, 15) is 4.79 Å². The van der Waals surface area contributed by atoms with Gasteiger partial charge in [-0.05, 0) is 17.5 Å². The van der Waals surface area contributed by atoms with Crippen LogP contribution in [-0.2, 0) is 11.3 Å². The van der Waals surface area contributed by atoms with Gasteiger partial charge in [0.2, 0.25) is 5.91 Å². The van der Waals surface area contributed by atoms with E-state index in [2.05, 4.69) is 64.1 Å². The number of rotatable bonds is 7. The molecule has 1 saturated heterocycles. The van der Waals surface area contributed by atoms with Gasteiger partial charge in [-0.1, -0.05) is 72.8 Å². The lowest BCUT2D eigenvalue weighted by Gasteiger charge is -2.21. The third-order valence-electron chi connectivity index (χ3n) is 4.84. The summed E-state index contributed by atoms with van der Waals surface area (Å²) >= 11 is 0. The second-order valence-corrected chi connectivity index (χ2v) is 6.70. The number of nitrogens with one attached hydrogen (secondary N) is 2. The number of nitrogens with zero attached hydrogens (tertiary/aromatic N) is 1. The second-order valence-electron chi connectivity index (χ2n) is 6.70. The van der Waals surface area contributed by atoms with Gasteiger partial charge in [0, 0.05) is 32.7 Å². The van der Waals surface area contributed by atoms with Gasteiger partial charge in [-0.15, -0.1) is 0 Å². The number of benzene rings is 2. The van der Waals surface area contributed by atoms with Crippen molar-refractivity contribution < 1.29 is 4.79 Å². The van der Waals surface area contributed by atoms with E-state index in [0.717, 1.165) is 26.1 Å². The molecule has 2 N–H and O–H groups in total. The number of carbonyl (C=O) groups is 1. The molecule has 2 atom stereocenters. The molecule has 0 radical (unpaired) electrons. The van der Waals surface area contributed by atoms with Crippen molar-refractivity contribution in [3.63, 3.8) is 0 Å². The first-order valence-electron chi connectivity index (χ1n) is 9.21. The molecule has 0 spiro atoms. The average Bonchev–Trinajstić information content (AvgIpc) is 3.10. The van der Waals surface area contributed by atoms with Crippen molar-refractivity contribution in [3.05, 3.63) is 77.9 Å². The van der Waals surface area contributed by atoms with Crippen molar-refractivity contribution in [2.45, 2.75) is 25.0 Å². The van der Waals surface area contributed by atoms with Gasteiger partial charge < -0.3 is 10.6 Å². The number of hydrogen-bond donors (Lipinski definition) is 2. The summed E-state index contributed by atoms with van der Waals surface area (Å²) in [6.07, 6.45) is 5.10. The van der Waals surface area contributed by atoms with Crippen LogP contribution in [0.2, 0.25) is 0 Å². The molecule has 2 aromatic rings. The molecular formula is C22H27N3O. The van der Waals surface area contributed by atoms with Crippen molar-refractivity contribution in [2.75, 3.05) is 20.1 Å². The second kappa shape index (κ2) is 9.32. The Morgan fingerprint density at radius 1 is 1.12 bits per heavy atom. The normalized spacial score (nSPS) is 20.5. The fraction of sp³-hybridized carbons (Fsp3) is 0.318. The van der Waals surface area contributed by atoms with Crippen LogP contribution in [0.4, 0.5) is 0 Å². The van der Waals surface area contributed by atoms with Gasteiger partial charge in [0.25, 0.3) is 0 Å². The standard InChI is InChI=1S/C22H27N3O/c1-23-22(26)21-15-20(24-16-19-11-6-3-7-12-19)17-25(21)14-8-13-18-9-4-2-5-10-18/h2-13,20-21,24H,14-17H2,1H3,(H,23,26)/b13-8+/t20-,21-/m0/s1. The zero-order valence-corrected chi connectivity index (χ0v) is 15.3. The number of amides is 1. The van der Waals surface area contributed by atoms with Crippen LogP contribution < -0.4 is 10.6 Å². The van der Waals surface area contributed by atoms with Crippen LogP contribution in [0.25, 0.3) is 6.08 Å². The predicted molar refractivity (Wildman–Crippen MR) is 107 cm³/mol. The van der Waals surface area contributed by atoms with Gasteiger partial charge >= 0.3 is 0 Å². The number of likely N-dealkylation sites (tertiary alicyclic amines) is 1. The van der Waals surface area contributed by atoms with Crippen molar-refractivity contribution >= 4 is 12.0 Å². The molecule has 0 unspecified atom stereocenters. The van der Waals surface area contributed by atoms with E-state index in [-0.39, 0.29) is 11.9 Å². The van der Waals surface area contributed by atoms with E-state index in [1.165, 1.54) is 11.1 Å². The van der Waals surface area contributed by atoms with Crippen LogP contribution in [0.1, 0.15) is 17.5 Å². The maximum atomic E-state index is 12.3. The molecule has 1 amide bonds. The Morgan fingerprint density at radius 3 is 2.50 bits per heavy atom. The quantitative estimate of drug-likeness (QED) is 0.808. The molecule has 0 aromatic heterocycles. The molecule has 2 aromatic carbocycles. The molecule has 26 heavy (non-hydrogen) atoms. The van der Waals surface area contributed by atoms with Crippen LogP contribution in [0, 0.1) is 0 Å². The smallest absolute Gasteiger partial charge is 0.237 e. The first kappa shape index (κ1) is 18.4. The maximum absolute atomic E-state index is 12.3. The van der Waals surface area contributed by atoms with Gasteiger partial charge in [-0.2, -0.15) is 0 Å². The van der Waals surface area contributed by atoms with Crippen LogP contribution in [0.5, 0.6) is 0 Å². The molecule has 4 nitrogen and oxygen atoms in total. The van der Waals surface area contributed by atoms with Gasteiger partial charge in [0.15, 0.2) is 0 Å². The lowest BCUT2D eigenvalue weighted by Crippen LogP contribution is -2.41. The Kier molecular flexibility index (Phi) is 6.58. The SMILES string of the molecule is CNC(=O)[C@@H]1C[C@H](NCc2ccccc2)CN1C/C=C/c1ccccc1. The van der Waals surface area contributed by atoms with Crippen LogP contribution in [-0.4, -0.2) is 43.0 Å².